The van der Waals surface area contributed by atoms with E-state index in [4.69, 9.17) is 4.74 Å². The minimum atomic E-state index is -1.00. The Morgan fingerprint density at radius 2 is 1.65 bits per heavy atom. The normalized spacial score (nSPS) is 16.5. The molecule has 2 aliphatic rings. The third-order valence-electron chi connectivity index (χ3n) is 7.03. The first-order chi connectivity index (χ1) is 16.5. The van der Waals surface area contributed by atoms with Crippen LogP contribution >= 0.6 is 0 Å². The van der Waals surface area contributed by atoms with Crippen LogP contribution in [0.25, 0.3) is 11.1 Å². The molecule has 7 nitrogen and oxygen atoms in total. The highest BCUT2D eigenvalue weighted by molar-refractivity contribution is 5.85. The number of alkyl carbamates (subject to hydrolysis) is 1. The zero-order chi connectivity index (χ0) is 24.1. The predicted molar refractivity (Wildman–Crippen MR) is 128 cm³/mol. The van der Waals surface area contributed by atoms with Crippen LogP contribution in [0.15, 0.2) is 48.5 Å². The minimum absolute atomic E-state index is 0.0150. The van der Waals surface area contributed by atoms with Gasteiger partial charge in [-0.2, -0.15) is 0 Å². The fourth-order valence-corrected chi connectivity index (χ4v) is 4.96. The van der Waals surface area contributed by atoms with Crippen LogP contribution in [0.5, 0.6) is 0 Å². The zero-order valence-electron chi connectivity index (χ0n) is 19.5. The number of carboxylic acids is 1. The molecule has 2 aromatic carbocycles. The highest BCUT2D eigenvalue weighted by atomic mass is 16.5. The Bertz CT molecular complexity index is 1000. The van der Waals surface area contributed by atoms with Crippen LogP contribution in [-0.4, -0.2) is 42.3 Å². The van der Waals surface area contributed by atoms with Crippen LogP contribution in [0.1, 0.15) is 56.1 Å². The van der Waals surface area contributed by atoms with E-state index in [2.05, 4.69) is 34.9 Å². The topological polar surface area (TPSA) is 105 Å². The number of amides is 2. The maximum Gasteiger partial charge on any atom is 0.407 e. The molecule has 180 valence electrons. The van der Waals surface area contributed by atoms with Gasteiger partial charge in [0.15, 0.2) is 0 Å². The van der Waals surface area contributed by atoms with Crippen molar-refractivity contribution in [1.29, 1.82) is 0 Å². The lowest BCUT2D eigenvalue weighted by atomic mass is 9.79. The van der Waals surface area contributed by atoms with E-state index in [-0.39, 0.29) is 30.9 Å². The van der Waals surface area contributed by atoms with E-state index < -0.39 is 24.0 Å². The first-order valence-electron chi connectivity index (χ1n) is 12.1. The number of ether oxygens (including phenoxy) is 1. The molecule has 0 saturated heterocycles. The second-order valence-electron chi connectivity index (χ2n) is 9.21. The van der Waals surface area contributed by atoms with Crippen LogP contribution in [-0.2, 0) is 14.3 Å². The van der Waals surface area contributed by atoms with Crippen molar-refractivity contribution in [2.75, 3.05) is 13.2 Å². The summed E-state index contributed by atoms with van der Waals surface area (Å²) in [6.45, 7) is 2.26. The van der Waals surface area contributed by atoms with E-state index in [0.717, 1.165) is 47.9 Å². The summed E-state index contributed by atoms with van der Waals surface area (Å²) in [6, 6.07) is 15.4. The number of carboxylic acid groups (broad SMARTS) is 1. The molecular formula is C27H32N2O5. The van der Waals surface area contributed by atoms with Crippen molar-refractivity contribution in [2.45, 2.75) is 51.0 Å². The molecule has 2 atom stereocenters. The molecule has 1 fully saturated rings. The van der Waals surface area contributed by atoms with E-state index in [1.165, 1.54) is 0 Å². The van der Waals surface area contributed by atoms with Crippen molar-refractivity contribution < 1.29 is 24.2 Å². The number of aliphatic carboxylic acids is 1. The second-order valence-corrected chi connectivity index (χ2v) is 9.21. The van der Waals surface area contributed by atoms with Crippen LogP contribution in [0.2, 0.25) is 0 Å². The third-order valence-corrected chi connectivity index (χ3v) is 7.03. The van der Waals surface area contributed by atoms with E-state index in [1.807, 2.05) is 31.2 Å². The highest BCUT2D eigenvalue weighted by Gasteiger charge is 2.35. The molecular weight excluding hydrogens is 432 g/mol. The smallest absolute Gasteiger partial charge is 0.407 e. The number of benzene rings is 2. The molecule has 2 aromatic rings. The van der Waals surface area contributed by atoms with Crippen LogP contribution in [0.3, 0.4) is 0 Å². The first kappa shape index (κ1) is 23.8. The number of hydrogen-bond acceptors (Lipinski definition) is 4. The molecule has 0 bridgehead atoms. The largest absolute Gasteiger partial charge is 0.480 e. The van der Waals surface area contributed by atoms with Crippen molar-refractivity contribution in [2.24, 2.45) is 11.8 Å². The molecule has 0 spiro atoms. The van der Waals surface area contributed by atoms with Crippen molar-refractivity contribution >= 4 is 18.0 Å². The molecule has 1 saturated carbocycles. The summed E-state index contributed by atoms with van der Waals surface area (Å²) < 4.78 is 5.56. The summed E-state index contributed by atoms with van der Waals surface area (Å²) in [5.41, 5.74) is 4.59. The van der Waals surface area contributed by atoms with Crippen molar-refractivity contribution in [3.63, 3.8) is 0 Å². The van der Waals surface area contributed by atoms with E-state index in [1.54, 1.807) is 0 Å². The molecule has 2 aliphatic carbocycles. The molecule has 0 aromatic heterocycles. The number of fused-ring (bicyclic) bond motifs is 3. The van der Waals surface area contributed by atoms with Gasteiger partial charge in [-0.15, -0.1) is 0 Å². The van der Waals surface area contributed by atoms with Gasteiger partial charge in [-0.1, -0.05) is 68.3 Å². The standard InChI is InChI=1S/C27H32N2O5/c1-2-8-18(25(30)29-24(26(31)32)17-9-7-10-17)15-28-27(33)34-16-23-21-13-5-3-11-19(21)20-12-4-6-14-22(20)23/h3-6,11-14,17-18,23-24H,2,7-10,15-16H2,1H3,(H,28,33)(H,29,30)(H,31,32). The zero-order valence-corrected chi connectivity index (χ0v) is 19.5. The van der Waals surface area contributed by atoms with Gasteiger partial charge >= 0.3 is 12.1 Å². The second kappa shape index (κ2) is 10.7. The van der Waals surface area contributed by atoms with Gasteiger partial charge in [0.1, 0.15) is 12.6 Å². The van der Waals surface area contributed by atoms with Gasteiger partial charge < -0.3 is 20.5 Å². The molecule has 3 N–H and O–H groups in total. The highest BCUT2D eigenvalue weighted by Crippen LogP contribution is 2.44. The summed E-state index contributed by atoms with van der Waals surface area (Å²) >= 11 is 0. The number of nitrogens with one attached hydrogen (secondary N) is 2. The van der Waals surface area contributed by atoms with Crippen molar-refractivity contribution in [3.05, 3.63) is 59.7 Å². The van der Waals surface area contributed by atoms with Gasteiger partial charge in [0.2, 0.25) is 5.91 Å². The Kier molecular flexibility index (Phi) is 7.50. The molecule has 2 amide bonds. The molecule has 0 heterocycles. The summed E-state index contributed by atoms with van der Waals surface area (Å²) in [7, 11) is 0. The van der Waals surface area contributed by atoms with Crippen LogP contribution in [0.4, 0.5) is 4.79 Å². The van der Waals surface area contributed by atoms with Crippen molar-refractivity contribution in [3.8, 4) is 11.1 Å². The van der Waals surface area contributed by atoms with Crippen molar-refractivity contribution in [1.82, 2.24) is 10.6 Å². The van der Waals surface area contributed by atoms with Crippen LogP contribution < -0.4 is 10.6 Å². The quantitative estimate of drug-likeness (QED) is 0.486. The maximum absolute atomic E-state index is 12.8. The lowest BCUT2D eigenvalue weighted by Crippen LogP contribution is -2.51. The molecule has 0 aliphatic heterocycles. The minimum Gasteiger partial charge on any atom is -0.480 e. The average molecular weight is 465 g/mol. The number of hydrogen-bond donors (Lipinski definition) is 3. The van der Waals surface area contributed by atoms with Gasteiger partial charge in [0.25, 0.3) is 0 Å². The van der Waals surface area contributed by atoms with E-state index >= 15 is 0 Å². The average Bonchev–Trinajstić information content (AvgIpc) is 3.12. The lowest BCUT2D eigenvalue weighted by Gasteiger charge is -2.32. The van der Waals surface area contributed by atoms with Crippen LogP contribution in [0, 0.1) is 11.8 Å². The summed E-state index contributed by atoms with van der Waals surface area (Å²) in [6.07, 6.45) is 3.33. The lowest BCUT2D eigenvalue weighted by molar-refractivity contribution is -0.145. The van der Waals surface area contributed by atoms with Gasteiger partial charge in [-0.25, -0.2) is 9.59 Å². The molecule has 34 heavy (non-hydrogen) atoms. The van der Waals surface area contributed by atoms with Gasteiger partial charge in [-0.05, 0) is 47.4 Å². The summed E-state index contributed by atoms with van der Waals surface area (Å²) in [4.78, 5) is 36.9. The summed E-state index contributed by atoms with van der Waals surface area (Å²) in [5, 5.41) is 14.9. The van der Waals surface area contributed by atoms with Gasteiger partial charge in [-0.3, -0.25) is 4.79 Å². The Hall–Kier alpha value is -3.35. The number of rotatable bonds is 10. The maximum atomic E-state index is 12.8. The van der Waals surface area contributed by atoms with E-state index in [0.29, 0.717) is 6.42 Å². The Morgan fingerprint density at radius 1 is 1.03 bits per heavy atom. The number of carbonyl (C=O) groups is 3. The van der Waals surface area contributed by atoms with Gasteiger partial charge in [0.05, 0.1) is 5.92 Å². The first-order valence-corrected chi connectivity index (χ1v) is 12.1. The SMILES string of the molecule is CCCC(CNC(=O)OCC1c2ccccc2-c2ccccc21)C(=O)NC(C(=O)O)C1CCC1. The number of carbonyl (C=O) groups excluding carboxylic acids is 2. The monoisotopic (exact) mass is 464 g/mol. The summed E-state index contributed by atoms with van der Waals surface area (Å²) in [5.74, 6) is -1.89. The predicted octanol–water partition coefficient (Wildman–Crippen LogP) is 4.31. The molecule has 0 radical (unpaired) electrons. The Morgan fingerprint density at radius 3 is 2.18 bits per heavy atom. The van der Waals surface area contributed by atoms with Gasteiger partial charge in [0, 0.05) is 12.5 Å². The Balaban J connectivity index is 1.32. The molecule has 7 heteroatoms. The Labute approximate surface area is 199 Å². The molecule has 2 unspecified atom stereocenters. The van der Waals surface area contributed by atoms with E-state index in [9.17, 15) is 19.5 Å². The third kappa shape index (κ3) is 5.08. The fourth-order valence-electron chi connectivity index (χ4n) is 4.96. The fraction of sp³-hybridized carbons (Fsp3) is 0.444. The molecule has 4 rings (SSSR count).